The lowest BCUT2D eigenvalue weighted by Gasteiger charge is -2.64. The quantitative estimate of drug-likeness (QED) is 0.787. The summed E-state index contributed by atoms with van der Waals surface area (Å²) in [6.07, 6.45) is 2.51. The van der Waals surface area contributed by atoms with Gasteiger partial charge >= 0.3 is 7.12 Å². The van der Waals surface area contributed by atoms with Gasteiger partial charge in [0.2, 0.25) is 0 Å². The number of rotatable bonds is 4. The third kappa shape index (κ3) is 2.82. The van der Waals surface area contributed by atoms with E-state index in [1.54, 1.807) is 0 Å². The molecule has 4 nitrogen and oxygen atoms in total. The van der Waals surface area contributed by atoms with Crippen molar-refractivity contribution in [3.05, 3.63) is 0 Å². The summed E-state index contributed by atoms with van der Waals surface area (Å²) in [6, 6.07) is 0. The zero-order valence-electron chi connectivity index (χ0n) is 16.5. The van der Waals surface area contributed by atoms with Crippen molar-refractivity contribution in [1.29, 1.82) is 0 Å². The Kier molecular flexibility index (Phi) is 4.56. The molecule has 138 valence electrons. The third-order valence-electron chi connectivity index (χ3n) is 6.78. The molecule has 0 aromatic rings. The maximum atomic E-state index is 12.6. The molecular weight excluding hydrogens is 321 g/mol. The lowest BCUT2D eigenvalue weighted by molar-refractivity contribution is -0.199. The fourth-order valence-corrected chi connectivity index (χ4v) is 5.84. The van der Waals surface area contributed by atoms with Crippen LogP contribution in [0, 0.1) is 23.2 Å². The predicted molar refractivity (Wildman–Crippen MR) is 99.8 cm³/mol. The molecule has 0 radical (unpaired) electrons. The minimum atomic E-state index is -1.13. The Morgan fingerprint density at radius 1 is 1.21 bits per heavy atom. The Labute approximate surface area is 150 Å². The van der Waals surface area contributed by atoms with Crippen molar-refractivity contribution < 1.29 is 13.5 Å². The molecule has 1 saturated heterocycles. The average molecular weight is 355 g/mol. The first kappa shape index (κ1) is 18.9. The molecule has 6 atom stereocenters. The molecular formula is C18H34BNO3S. The van der Waals surface area contributed by atoms with Gasteiger partial charge in [0.05, 0.1) is 33.4 Å². The van der Waals surface area contributed by atoms with Gasteiger partial charge in [-0.05, 0) is 63.7 Å². The van der Waals surface area contributed by atoms with E-state index >= 15 is 0 Å². The summed E-state index contributed by atoms with van der Waals surface area (Å²) in [5.74, 6) is 1.53. The van der Waals surface area contributed by atoms with Crippen LogP contribution in [0.15, 0.2) is 0 Å². The highest BCUT2D eigenvalue weighted by atomic mass is 32.2. The summed E-state index contributed by atoms with van der Waals surface area (Å²) < 4.78 is 28.5. The predicted octanol–water partition coefficient (Wildman–Crippen LogP) is 3.33. The lowest BCUT2D eigenvalue weighted by atomic mass is 9.43. The molecule has 0 spiro atoms. The van der Waals surface area contributed by atoms with E-state index in [1.807, 2.05) is 20.8 Å². The summed E-state index contributed by atoms with van der Waals surface area (Å²) in [5, 5.41) is 0. The largest absolute Gasteiger partial charge is 0.477 e. The normalized spacial score (nSPS) is 40.2. The fraction of sp³-hybridized carbons (Fsp3) is 1.00. The number of nitrogens with one attached hydrogen (secondary N) is 1. The van der Waals surface area contributed by atoms with Crippen molar-refractivity contribution in [2.24, 2.45) is 23.2 Å². The van der Waals surface area contributed by atoms with Crippen molar-refractivity contribution in [3.8, 4) is 0 Å². The Hall–Kier alpha value is 0.0949. The molecule has 3 saturated carbocycles. The SMILES string of the molecule is CC(C)[C@H](N[S@](=O)C(C)(C)C)B1OC2CC3CC(C3(C)C)[C@]2(C)O1. The van der Waals surface area contributed by atoms with Crippen LogP contribution in [0.4, 0.5) is 0 Å². The number of hydrogen-bond donors (Lipinski definition) is 1. The first-order chi connectivity index (χ1) is 10.9. The van der Waals surface area contributed by atoms with E-state index in [2.05, 4.69) is 39.3 Å². The van der Waals surface area contributed by atoms with E-state index in [4.69, 9.17) is 9.31 Å². The van der Waals surface area contributed by atoms with Crippen LogP contribution in [-0.2, 0) is 20.3 Å². The molecule has 2 bridgehead atoms. The second-order valence-corrected chi connectivity index (χ2v) is 12.1. The van der Waals surface area contributed by atoms with Crippen molar-refractivity contribution in [2.75, 3.05) is 0 Å². The highest BCUT2D eigenvalue weighted by Crippen LogP contribution is 2.65. The minimum Gasteiger partial charge on any atom is -0.404 e. The summed E-state index contributed by atoms with van der Waals surface area (Å²) in [4.78, 5) is 0. The van der Waals surface area contributed by atoms with Crippen LogP contribution in [0.1, 0.15) is 68.2 Å². The summed E-state index contributed by atoms with van der Waals surface area (Å²) in [7, 11) is -1.45. The van der Waals surface area contributed by atoms with E-state index in [0.29, 0.717) is 11.3 Å². The van der Waals surface area contributed by atoms with Crippen LogP contribution in [-0.4, -0.2) is 33.7 Å². The first-order valence-corrected chi connectivity index (χ1v) is 10.5. The molecule has 1 N–H and O–H groups in total. The Morgan fingerprint density at radius 2 is 1.83 bits per heavy atom. The standard InChI is InChI=1S/C18H34BNO3S/c1-11(2)15(20-24(21)16(3,4)5)19-22-14-10-12-9-13(17(12,6)7)18(14,8)23-19/h11-15,20H,9-10H2,1-8H3/t12?,13?,14?,15-,18-,24+/m0/s1. The third-order valence-corrected chi connectivity index (χ3v) is 8.38. The van der Waals surface area contributed by atoms with Crippen LogP contribution in [0.25, 0.3) is 0 Å². The Morgan fingerprint density at radius 3 is 2.33 bits per heavy atom. The fourth-order valence-electron chi connectivity index (χ4n) is 4.86. The molecule has 0 amide bonds. The second kappa shape index (κ2) is 5.80. The van der Waals surface area contributed by atoms with E-state index in [1.165, 1.54) is 6.42 Å². The maximum absolute atomic E-state index is 12.6. The minimum absolute atomic E-state index is 0.0622. The van der Waals surface area contributed by atoms with E-state index in [-0.39, 0.29) is 35.4 Å². The van der Waals surface area contributed by atoms with Crippen LogP contribution >= 0.6 is 0 Å². The highest BCUT2D eigenvalue weighted by molar-refractivity contribution is 7.84. The van der Waals surface area contributed by atoms with Gasteiger partial charge in [-0.15, -0.1) is 0 Å². The molecule has 0 aromatic carbocycles. The summed E-state index contributed by atoms with van der Waals surface area (Å²) in [5.41, 5.74) is 0.138. The first-order valence-electron chi connectivity index (χ1n) is 9.38. The Balaban J connectivity index is 1.77. The van der Waals surface area contributed by atoms with Gasteiger partial charge in [0, 0.05) is 0 Å². The molecule has 3 unspecified atom stereocenters. The molecule has 4 aliphatic rings. The molecule has 3 aliphatic carbocycles. The lowest BCUT2D eigenvalue weighted by Crippen LogP contribution is -2.65. The zero-order chi connectivity index (χ0) is 18.1. The molecule has 0 aromatic heterocycles. The second-order valence-electron chi connectivity index (χ2n) is 10.1. The van der Waals surface area contributed by atoms with Gasteiger partial charge in [-0.25, -0.2) is 8.93 Å². The summed E-state index contributed by atoms with van der Waals surface area (Å²) >= 11 is 0. The monoisotopic (exact) mass is 355 g/mol. The molecule has 1 heterocycles. The van der Waals surface area contributed by atoms with E-state index in [9.17, 15) is 4.21 Å². The van der Waals surface area contributed by atoms with Crippen molar-refractivity contribution in [3.63, 3.8) is 0 Å². The van der Waals surface area contributed by atoms with Crippen LogP contribution in [0.2, 0.25) is 0 Å². The maximum Gasteiger partial charge on any atom is 0.477 e. The molecule has 4 rings (SSSR count). The average Bonchev–Trinajstić information content (AvgIpc) is 2.78. The van der Waals surface area contributed by atoms with Crippen LogP contribution < -0.4 is 4.72 Å². The van der Waals surface area contributed by atoms with Gasteiger partial charge in [-0.2, -0.15) is 0 Å². The van der Waals surface area contributed by atoms with Gasteiger partial charge in [-0.1, -0.05) is 27.7 Å². The van der Waals surface area contributed by atoms with Gasteiger partial charge in [0.25, 0.3) is 0 Å². The molecule has 6 heteroatoms. The van der Waals surface area contributed by atoms with Gasteiger partial charge in [0.15, 0.2) is 0 Å². The Bertz CT molecular complexity index is 533. The van der Waals surface area contributed by atoms with Crippen molar-refractivity contribution in [1.82, 2.24) is 4.72 Å². The van der Waals surface area contributed by atoms with E-state index < -0.39 is 11.0 Å². The highest BCUT2D eigenvalue weighted by Gasteiger charge is 2.68. The van der Waals surface area contributed by atoms with Crippen LogP contribution in [0.3, 0.4) is 0 Å². The van der Waals surface area contributed by atoms with Crippen LogP contribution in [0.5, 0.6) is 0 Å². The van der Waals surface area contributed by atoms with Crippen molar-refractivity contribution >= 4 is 18.1 Å². The van der Waals surface area contributed by atoms with E-state index in [0.717, 1.165) is 12.3 Å². The van der Waals surface area contributed by atoms with Crippen molar-refractivity contribution in [2.45, 2.75) is 90.6 Å². The smallest absolute Gasteiger partial charge is 0.404 e. The molecule has 24 heavy (non-hydrogen) atoms. The van der Waals surface area contributed by atoms with Gasteiger partial charge in [-0.3, -0.25) is 0 Å². The topological polar surface area (TPSA) is 47.6 Å². The zero-order valence-corrected chi connectivity index (χ0v) is 17.3. The summed E-state index contributed by atoms with van der Waals surface area (Å²) in [6.45, 7) is 17.2. The molecule has 1 aliphatic heterocycles. The van der Waals surface area contributed by atoms with Gasteiger partial charge in [0.1, 0.15) is 0 Å². The number of hydrogen-bond acceptors (Lipinski definition) is 3. The van der Waals surface area contributed by atoms with Gasteiger partial charge < -0.3 is 9.31 Å². The molecule has 4 fully saturated rings.